The van der Waals surface area contributed by atoms with E-state index in [2.05, 4.69) is 10.6 Å². The van der Waals surface area contributed by atoms with E-state index in [1.807, 2.05) is 13.8 Å². The number of rotatable bonds is 2. The molecule has 1 aromatic rings. The number of carbonyl (C=O) groups excluding carboxylic acids is 3. The molecule has 0 bridgehead atoms. The van der Waals surface area contributed by atoms with Crippen molar-refractivity contribution in [3.8, 4) is 0 Å². The second-order valence-electron chi connectivity index (χ2n) is 7.22. The molecule has 0 aromatic carbocycles. The van der Waals surface area contributed by atoms with E-state index >= 15 is 0 Å². The lowest BCUT2D eigenvalue weighted by Crippen LogP contribution is -2.48. The zero-order valence-corrected chi connectivity index (χ0v) is 14.6. The first-order chi connectivity index (χ1) is 11.9. The largest absolute Gasteiger partial charge is 0.472 e. The van der Waals surface area contributed by atoms with Gasteiger partial charge in [-0.1, -0.05) is 0 Å². The summed E-state index contributed by atoms with van der Waals surface area (Å²) in [6.07, 6.45) is 3.19. The van der Waals surface area contributed by atoms with Crippen LogP contribution in [-0.4, -0.2) is 66.4 Å². The van der Waals surface area contributed by atoms with Crippen molar-refractivity contribution in [1.82, 2.24) is 20.4 Å². The summed E-state index contributed by atoms with van der Waals surface area (Å²) < 4.78 is 5.01. The van der Waals surface area contributed by atoms with Crippen molar-refractivity contribution in [3.05, 3.63) is 24.2 Å². The van der Waals surface area contributed by atoms with Crippen LogP contribution in [0.25, 0.3) is 0 Å². The second-order valence-corrected chi connectivity index (χ2v) is 7.22. The highest BCUT2D eigenvalue weighted by Gasteiger charge is 2.45. The molecule has 4 amide bonds. The molecule has 0 aliphatic carbocycles. The zero-order chi connectivity index (χ0) is 18.0. The van der Waals surface area contributed by atoms with E-state index in [9.17, 15) is 14.4 Å². The summed E-state index contributed by atoms with van der Waals surface area (Å²) in [5, 5.41) is 5.74. The first-order valence-corrected chi connectivity index (χ1v) is 8.52. The SMILES string of the molecule is CC(C)NC(=O)N1CCN(C(=O)c2ccoc2)C[C@@]2(CNC(=O)C2)C1. The highest BCUT2D eigenvalue weighted by molar-refractivity contribution is 5.94. The van der Waals surface area contributed by atoms with Crippen LogP contribution in [0, 0.1) is 5.41 Å². The normalized spacial score (nSPS) is 23.7. The predicted molar refractivity (Wildman–Crippen MR) is 89.9 cm³/mol. The van der Waals surface area contributed by atoms with Gasteiger partial charge in [-0.25, -0.2) is 4.79 Å². The third-order valence-electron chi connectivity index (χ3n) is 4.64. The van der Waals surface area contributed by atoms with Crippen molar-refractivity contribution in [2.45, 2.75) is 26.3 Å². The molecule has 2 fully saturated rings. The molecule has 8 heteroatoms. The van der Waals surface area contributed by atoms with Gasteiger partial charge in [0.15, 0.2) is 0 Å². The van der Waals surface area contributed by atoms with Crippen LogP contribution in [0.2, 0.25) is 0 Å². The molecule has 0 saturated carbocycles. The summed E-state index contributed by atoms with van der Waals surface area (Å²) in [5.74, 6) is -0.180. The topological polar surface area (TPSA) is 94.9 Å². The van der Waals surface area contributed by atoms with Gasteiger partial charge in [-0.15, -0.1) is 0 Å². The highest BCUT2D eigenvalue weighted by Crippen LogP contribution is 2.31. The standard InChI is InChI=1S/C17H24N4O4/c1-12(2)19-16(24)21-5-4-20(15(23)13-3-6-25-8-13)10-17(11-21)7-14(22)18-9-17/h3,6,8,12H,4-5,7,9-11H2,1-2H3,(H,18,22)(H,19,24)/t17-/m1/s1. The fraction of sp³-hybridized carbons (Fsp3) is 0.588. The Bertz CT molecular complexity index is 658. The first kappa shape index (κ1) is 17.3. The molecule has 0 radical (unpaired) electrons. The molecule has 2 aliphatic rings. The van der Waals surface area contributed by atoms with Gasteiger partial charge in [0, 0.05) is 50.6 Å². The molecular weight excluding hydrogens is 324 g/mol. The van der Waals surface area contributed by atoms with Gasteiger partial charge < -0.3 is 24.9 Å². The molecule has 136 valence electrons. The minimum absolute atomic E-state index is 0.0266. The van der Waals surface area contributed by atoms with Crippen molar-refractivity contribution < 1.29 is 18.8 Å². The third kappa shape index (κ3) is 3.78. The van der Waals surface area contributed by atoms with Crippen molar-refractivity contribution in [2.75, 3.05) is 32.7 Å². The van der Waals surface area contributed by atoms with Gasteiger partial charge in [0.25, 0.3) is 5.91 Å². The highest BCUT2D eigenvalue weighted by atomic mass is 16.3. The summed E-state index contributed by atoms with van der Waals surface area (Å²) in [5.41, 5.74) is 0.0221. The Labute approximate surface area is 146 Å². The summed E-state index contributed by atoms with van der Waals surface area (Å²) in [4.78, 5) is 40.5. The Balaban J connectivity index is 1.81. The third-order valence-corrected chi connectivity index (χ3v) is 4.64. The van der Waals surface area contributed by atoms with E-state index < -0.39 is 5.41 Å². The number of amides is 4. The molecule has 2 aliphatic heterocycles. The van der Waals surface area contributed by atoms with Crippen LogP contribution in [0.1, 0.15) is 30.6 Å². The minimum atomic E-state index is -0.457. The van der Waals surface area contributed by atoms with Crippen molar-refractivity contribution in [2.24, 2.45) is 5.41 Å². The maximum atomic E-state index is 12.7. The fourth-order valence-electron chi connectivity index (χ4n) is 3.49. The summed E-state index contributed by atoms with van der Waals surface area (Å²) in [6.45, 7) is 6.00. The van der Waals surface area contributed by atoms with Gasteiger partial charge in [0.05, 0.1) is 11.8 Å². The van der Waals surface area contributed by atoms with Crippen LogP contribution in [-0.2, 0) is 4.79 Å². The van der Waals surface area contributed by atoms with Gasteiger partial charge in [-0.3, -0.25) is 9.59 Å². The van der Waals surface area contributed by atoms with E-state index in [1.54, 1.807) is 15.9 Å². The first-order valence-electron chi connectivity index (χ1n) is 8.52. The van der Waals surface area contributed by atoms with Crippen molar-refractivity contribution >= 4 is 17.8 Å². The summed E-state index contributed by atoms with van der Waals surface area (Å²) in [7, 11) is 0. The maximum absolute atomic E-state index is 12.7. The van der Waals surface area contributed by atoms with Gasteiger partial charge in [-0.05, 0) is 19.9 Å². The van der Waals surface area contributed by atoms with E-state index in [4.69, 9.17) is 4.42 Å². The van der Waals surface area contributed by atoms with Crippen molar-refractivity contribution in [1.29, 1.82) is 0 Å². The zero-order valence-electron chi connectivity index (χ0n) is 14.6. The van der Waals surface area contributed by atoms with Gasteiger partial charge in [0.1, 0.15) is 6.26 Å². The van der Waals surface area contributed by atoms with Crippen molar-refractivity contribution in [3.63, 3.8) is 0 Å². The van der Waals surface area contributed by atoms with E-state index in [0.29, 0.717) is 44.7 Å². The molecule has 2 N–H and O–H groups in total. The summed E-state index contributed by atoms with van der Waals surface area (Å²) in [6, 6.07) is 1.49. The smallest absolute Gasteiger partial charge is 0.317 e. The van der Waals surface area contributed by atoms with Gasteiger partial charge in [0.2, 0.25) is 5.91 Å². The van der Waals surface area contributed by atoms with Crippen LogP contribution >= 0.6 is 0 Å². The van der Waals surface area contributed by atoms with E-state index in [-0.39, 0.29) is 23.9 Å². The predicted octanol–water partition coefficient (Wildman–Crippen LogP) is 0.662. The molecule has 3 heterocycles. The number of nitrogens with one attached hydrogen (secondary N) is 2. The number of nitrogens with zero attached hydrogens (tertiary/aromatic N) is 2. The van der Waals surface area contributed by atoms with Crippen LogP contribution in [0.3, 0.4) is 0 Å². The lowest BCUT2D eigenvalue weighted by molar-refractivity contribution is -0.119. The molecule has 1 aromatic heterocycles. The Morgan fingerprint density at radius 2 is 2.00 bits per heavy atom. The number of carbonyl (C=O) groups is 3. The Morgan fingerprint density at radius 1 is 1.28 bits per heavy atom. The van der Waals surface area contributed by atoms with Crippen LogP contribution in [0.5, 0.6) is 0 Å². The van der Waals surface area contributed by atoms with E-state index in [1.165, 1.54) is 12.5 Å². The number of urea groups is 1. The quantitative estimate of drug-likeness (QED) is 0.821. The number of hydrogen-bond donors (Lipinski definition) is 2. The van der Waals surface area contributed by atoms with Crippen LogP contribution < -0.4 is 10.6 Å². The molecule has 1 spiro atoms. The molecule has 1 atom stereocenters. The molecular formula is C17H24N4O4. The van der Waals surface area contributed by atoms with Gasteiger partial charge in [-0.2, -0.15) is 0 Å². The molecule has 3 rings (SSSR count). The number of furan rings is 1. The lowest BCUT2D eigenvalue weighted by Gasteiger charge is -2.32. The fourth-order valence-corrected chi connectivity index (χ4v) is 3.49. The van der Waals surface area contributed by atoms with Crippen LogP contribution in [0.4, 0.5) is 4.79 Å². The molecule has 25 heavy (non-hydrogen) atoms. The minimum Gasteiger partial charge on any atom is -0.472 e. The maximum Gasteiger partial charge on any atom is 0.317 e. The second kappa shape index (κ2) is 6.78. The Morgan fingerprint density at radius 3 is 2.60 bits per heavy atom. The Hall–Kier alpha value is -2.51. The Kier molecular flexibility index (Phi) is 4.69. The number of hydrogen-bond acceptors (Lipinski definition) is 4. The average molecular weight is 348 g/mol. The summed E-state index contributed by atoms with van der Waals surface area (Å²) >= 11 is 0. The monoisotopic (exact) mass is 348 g/mol. The molecule has 8 nitrogen and oxygen atoms in total. The lowest BCUT2D eigenvalue weighted by atomic mass is 9.86. The van der Waals surface area contributed by atoms with E-state index in [0.717, 1.165) is 0 Å². The average Bonchev–Trinajstić information content (AvgIpc) is 3.14. The molecule has 2 saturated heterocycles. The molecule has 0 unspecified atom stereocenters. The van der Waals surface area contributed by atoms with Gasteiger partial charge >= 0.3 is 6.03 Å². The van der Waals surface area contributed by atoms with Crippen LogP contribution in [0.15, 0.2) is 23.0 Å².